The van der Waals surface area contributed by atoms with Crippen molar-refractivity contribution in [2.45, 2.75) is 19.8 Å². The highest BCUT2D eigenvalue weighted by Crippen LogP contribution is 2.29. The first kappa shape index (κ1) is 14.5. The van der Waals surface area contributed by atoms with E-state index in [0.29, 0.717) is 23.1 Å². The summed E-state index contributed by atoms with van der Waals surface area (Å²) in [5.41, 5.74) is 0.634. The third-order valence-electron chi connectivity index (χ3n) is 3.59. The van der Waals surface area contributed by atoms with Crippen molar-refractivity contribution in [3.05, 3.63) is 18.2 Å². The second kappa shape index (κ2) is 6.50. The number of nitrogens with zero attached hydrogens (tertiary/aromatic N) is 1. The molecule has 20 heavy (non-hydrogen) atoms. The minimum Gasteiger partial charge on any atom is -0.497 e. The van der Waals surface area contributed by atoms with Gasteiger partial charge in [-0.05, 0) is 30.9 Å². The molecule has 1 aliphatic rings. The molecule has 2 amide bonds. The molecule has 0 radical (unpaired) electrons. The van der Waals surface area contributed by atoms with Gasteiger partial charge in [-0.2, -0.15) is 0 Å². The Balaban J connectivity index is 2.10. The van der Waals surface area contributed by atoms with E-state index >= 15 is 0 Å². The van der Waals surface area contributed by atoms with E-state index in [1.54, 1.807) is 32.4 Å². The fourth-order valence-electron chi connectivity index (χ4n) is 2.48. The molecular formula is C15H22N2O3. The van der Waals surface area contributed by atoms with Crippen molar-refractivity contribution in [3.8, 4) is 11.5 Å². The Morgan fingerprint density at radius 1 is 1.35 bits per heavy atom. The maximum Gasteiger partial charge on any atom is 0.321 e. The number of urea groups is 1. The largest absolute Gasteiger partial charge is 0.497 e. The number of nitrogens with one attached hydrogen (secondary N) is 1. The Morgan fingerprint density at radius 3 is 2.80 bits per heavy atom. The molecule has 0 unspecified atom stereocenters. The van der Waals surface area contributed by atoms with Crippen molar-refractivity contribution in [3.63, 3.8) is 0 Å². The maximum absolute atomic E-state index is 12.3. The number of ether oxygens (including phenoxy) is 2. The van der Waals surface area contributed by atoms with Crippen LogP contribution in [0.1, 0.15) is 19.8 Å². The Kier molecular flexibility index (Phi) is 4.71. The number of piperidine rings is 1. The van der Waals surface area contributed by atoms with Crippen LogP contribution in [0.2, 0.25) is 0 Å². The predicted molar refractivity (Wildman–Crippen MR) is 78.5 cm³/mol. The lowest BCUT2D eigenvalue weighted by Gasteiger charge is -2.31. The molecule has 0 spiro atoms. The molecule has 1 aromatic rings. The van der Waals surface area contributed by atoms with E-state index in [2.05, 4.69) is 12.2 Å². The van der Waals surface area contributed by atoms with E-state index in [1.807, 2.05) is 4.90 Å². The molecule has 0 aromatic heterocycles. The summed E-state index contributed by atoms with van der Waals surface area (Å²) in [6.45, 7) is 3.78. The number of amides is 2. The summed E-state index contributed by atoms with van der Waals surface area (Å²) in [4.78, 5) is 14.2. The molecule has 5 heteroatoms. The number of hydrogen-bond acceptors (Lipinski definition) is 3. The summed E-state index contributed by atoms with van der Waals surface area (Å²) in [5.74, 6) is 1.87. The van der Waals surface area contributed by atoms with Gasteiger partial charge in [-0.1, -0.05) is 6.92 Å². The third kappa shape index (κ3) is 3.35. The van der Waals surface area contributed by atoms with Crippen LogP contribution in [0.15, 0.2) is 18.2 Å². The van der Waals surface area contributed by atoms with Crippen molar-refractivity contribution in [2.24, 2.45) is 5.92 Å². The summed E-state index contributed by atoms with van der Waals surface area (Å²) in [6.07, 6.45) is 2.25. The average Bonchev–Trinajstić information content (AvgIpc) is 2.47. The van der Waals surface area contributed by atoms with Crippen molar-refractivity contribution in [1.29, 1.82) is 0 Å². The Bertz CT molecular complexity index is 476. The van der Waals surface area contributed by atoms with Crippen LogP contribution >= 0.6 is 0 Å². The van der Waals surface area contributed by atoms with E-state index in [-0.39, 0.29) is 6.03 Å². The van der Waals surface area contributed by atoms with Crippen LogP contribution in [-0.4, -0.2) is 38.2 Å². The number of carbonyl (C=O) groups is 1. The summed E-state index contributed by atoms with van der Waals surface area (Å²) < 4.78 is 10.4. The molecule has 1 fully saturated rings. The highest BCUT2D eigenvalue weighted by molar-refractivity contribution is 5.91. The lowest BCUT2D eigenvalue weighted by atomic mass is 10.0. The van der Waals surface area contributed by atoms with Crippen LogP contribution in [0.4, 0.5) is 10.5 Å². The molecule has 0 saturated carbocycles. The van der Waals surface area contributed by atoms with Crippen molar-refractivity contribution < 1.29 is 14.3 Å². The second-order valence-electron chi connectivity index (χ2n) is 5.19. The number of methoxy groups -OCH3 is 2. The Morgan fingerprint density at radius 2 is 2.15 bits per heavy atom. The molecule has 5 nitrogen and oxygen atoms in total. The normalized spacial score (nSPS) is 18.6. The van der Waals surface area contributed by atoms with Gasteiger partial charge in [-0.3, -0.25) is 0 Å². The molecule has 1 aromatic carbocycles. The smallest absolute Gasteiger partial charge is 0.321 e. The Hall–Kier alpha value is -1.91. The molecule has 0 bridgehead atoms. The zero-order valence-electron chi connectivity index (χ0n) is 12.3. The maximum atomic E-state index is 12.3. The molecule has 110 valence electrons. The number of likely N-dealkylation sites (tertiary alicyclic amines) is 1. The predicted octanol–water partition coefficient (Wildman–Crippen LogP) is 2.97. The first-order valence-corrected chi connectivity index (χ1v) is 6.92. The highest BCUT2D eigenvalue weighted by Gasteiger charge is 2.21. The van der Waals surface area contributed by atoms with E-state index in [0.717, 1.165) is 19.5 Å². The van der Waals surface area contributed by atoms with E-state index in [1.165, 1.54) is 6.42 Å². The van der Waals surface area contributed by atoms with E-state index in [9.17, 15) is 4.79 Å². The van der Waals surface area contributed by atoms with Crippen LogP contribution in [-0.2, 0) is 0 Å². The standard InChI is InChI=1S/C15H22N2O3/c1-11-5-4-8-17(10-11)15(18)16-13-9-12(19-2)6-7-14(13)20-3/h6-7,9,11H,4-5,8,10H2,1-3H3,(H,16,18)/t11-/m1/s1. The monoisotopic (exact) mass is 278 g/mol. The van der Waals surface area contributed by atoms with Gasteiger partial charge in [-0.15, -0.1) is 0 Å². The van der Waals surface area contributed by atoms with Gasteiger partial charge in [0.25, 0.3) is 0 Å². The van der Waals surface area contributed by atoms with Gasteiger partial charge in [0, 0.05) is 19.2 Å². The number of carbonyl (C=O) groups excluding carboxylic acids is 1. The van der Waals surface area contributed by atoms with Crippen LogP contribution in [0.3, 0.4) is 0 Å². The van der Waals surface area contributed by atoms with Crippen LogP contribution in [0.5, 0.6) is 11.5 Å². The van der Waals surface area contributed by atoms with E-state index in [4.69, 9.17) is 9.47 Å². The van der Waals surface area contributed by atoms with Gasteiger partial charge in [0.2, 0.25) is 0 Å². The van der Waals surface area contributed by atoms with Crippen LogP contribution < -0.4 is 14.8 Å². The van der Waals surface area contributed by atoms with Crippen LogP contribution in [0.25, 0.3) is 0 Å². The highest BCUT2D eigenvalue weighted by atomic mass is 16.5. The Labute approximate surface area is 119 Å². The van der Waals surface area contributed by atoms with Gasteiger partial charge in [0.1, 0.15) is 11.5 Å². The van der Waals surface area contributed by atoms with Crippen LogP contribution in [0, 0.1) is 5.92 Å². The number of hydrogen-bond donors (Lipinski definition) is 1. The lowest BCUT2D eigenvalue weighted by molar-refractivity contribution is 0.182. The van der Waals surface area contributed by atoms with Gasteiger partial charge < -0.3 is 19.7 Å². The fourth-order valence-corrected chi connectivity index (χ4v) is 2.48. The number of benzene rings is 1. The average molecular weight is 278 g/mol. The number of anilines is 1. The van der Waals surface area contributed by atoms with Gasteiger partial charge in [0.15, 0.2) is 0 Å². The minimum atomic E-state index is -0.0805. The number of rotatable bonds is 3. The molecule has 2 rings (SSSR count). The molecule has 1 heterocycles. The zero-order valence-corrected chi connectivity index (χ0v) is 12.3. The fraction of sp³-hybridized carbons (Fsp3) is 0.533. The third-order valence-corrected chi connectivity index (χ3v) is 3.59. The lowest BCUT2D eigenvalue weighted by Crippen LogP contribution is -2.41. The summed E-state index contributed by atoms with van der Waals surface area (Å²) >= 11 is 0. The summed E-state index contributed by atoms with van der Waals surface area (Å²) in [5, 5.41) is 2.91. The minimum absolute atomic E-state index is 0.0805. The van der Waals surface area contributed by atoms with Crippen molar-refractivity contribution in [1.82, 2.24) is 4.90 Å². The molecular weight excluding hydrogens is 256 g/mol. The second-order valence-corrected chi connectivity index (χ2v) is 5.19. The first-order chi connectivity index (χ1) is 9.63. The van der Waals surface area contributed by atoms with Crippen molar-refractivity contribution in [2.75, 3.05) is 32.6 Å². The summed E-state index contributed by atoms with van der Waals surface area (Å²) in [6, 6.07) is 5.28. The topological polar surface area (TPSA) is 50.8 Å². The summed E-state index contributed by atoms with van der Waals surface area (Å²) in [7, 11) is 3.18. The quantitative estimate of drug-likeness (QED) is 0.924. The SMILES string of the molecule is COc1ccc(OC)c(NC(=O)N2CCC[C@@H](C)C2)c1. The first-order valence-electron chi connectivity index (χ1n) is 6.92. The van der Waals surface area contributed by atoms with E-state index < -0.39 is 0 Å². The van der Waals surface area contributed by atoms with Gasteiger partial charge >= 0.3 is 6.03 Å². The van der Waals surface area contributed by atoms with Gasteiger partial charge in [0.05, 0.1) is 19.9 Å². The van der Waals surface area contributed by atoms with Crippen molar-refractivity contribution >= 4 is 11.7 Å². The molecule has 1 N–H and O–H groups in total. The zero-order chi connectivity index (χ0) is 14.5. The van der Waals surface area contributed by atoms with Gasteiger partial charge in [-0.25, -0.2) is 4.79 Å². The molecule has 0 aliphatic carbocycles. The molecule has 1 atom stereocenters. The molecule has 1 saturated heterocycles. The molecule has 1 aliphatic heterocycles.